The van der Waals surface area contributed by atoms with Crippen LogP contribution in [0, 0.1) is 0 Å². The number of alkyl halides is 3. The molecule has 1 N–H and O–H groups in total. The van der Waals surface area contributed by atoms with Crippen LogP contribution < -0.4 is 10.1 Å². The molecule has 0 aliphatic rings. The number of amides is 1. The van der Waals surface area contributed by atoms with Gasteiger partial charge < -0.3 is 10.1 Å². The van der Waals surface area contributed by atoms with Gasteiger partial charge in [-0.25, -0.2) is 0 Å². The van der Waals surface area contributed by atoms with E-state index < -0.39 is 17.6 Å². The lowest BCUT2D eigenvalue weighted by molar-refractivity contribution is -0.137. The van der Waals surface area contributed by atoms with Gasteiger partial charge in [-0.2, -0.15) is 13.2 Å². The Morgan fingerprint density at radius 2 is 1.73 bits per heavy atom. The van der Waals surface area contributed by atoms with Gasteiger partial charge in [0.15, 0.2) is 0 Å². The van der Waals surface area contributed by atoms with Crippen molar-refractivity contribution in [3.8, 4) is 16.9 Å². The minimum absolute atomic E-state index is 0.118. The zero-order valence-corrected chi connectivity index (χ0v) is 12.0. The Bertz CT molecular complexity index is 679. The van der Waals surface area contributed by atoms with Gasteiger partial charge in [0.25, 0.3) is 0 Å². The summed E-state index contributed by atoms with van der Waals surface area (Å²) >= 11 is 0. The number of nitrogens with one attached hydrogen (secondary N) is 1. The molecule has 0 aliphatic heterocycles. The number of carbonyl (C=O) groups is 1. The van der Waals surface area contributed by atoms with Crippen molar-refractivity contribution in [2.45, 2.75) is 13.1 Å². The highest BCUT2D eigenvalue weighted by atomic mass is 19.4. The zero-order valence-electron chi connectivity index (χ0n) is 12.0. The van der Waals surface area contributed by atoms with Gasteiger partial charge in [0.2, 0.25) is 5.91 Å². The van der Waals surface area contributed by atoms with E-state index in [1.807, 2.05) is 0 Å². The molecule has 2 aromatic rings. The van der Waals surface area contributed by atoms with Crippen LogP contribution in [-0.2, 0) is 11.0 Å². The molecule has 22 heavy (non-hydrogen) atoms. The number of anilines is 1. The molecular weight excluding hydrogens is 295 g/mol. The maximum atomic E-state index is 12.8. The lowest BCUT2D eigenvalue weighted by atomic mass is 10.0. The summed E-state index contributed by atoms with van der Waals surface area (Å²) in [5.74, 6) is 0.200. The zero-order chi connectivity index (χ0) is 16.3. The van der Waals surface area contributed by atoms with Crippen LogP contribution in [0.4, 0.5) is 18.9 Å². The lowest BCUT2D eigenvalue weighted by Gasteiger charge is -2.14. The van der Waals surface area contributed by atoms with E-state index in [0.29, 0.717) is 16.9 Å². The van der Waals surface area contributed by atoms with Crippen molar-refractivity contribution in [2.75, 3.05) is 12.4 Å². The van der Waals surface area contributed by atoms with Gasteiger partial charge in [0.1, 0.15) is 5.75 Å². The van der Waals surface area contributed by atoms with E-state index in [1.54, 1.807) is 24.3 Å². The first-order valence-electron chi connectivity index (χ1n) is 6.44. The molecule has 1 amide bonds. The summed E-state index contributed by atoms with van der Waals surface area (Å²) in [6.45, 7) is 1.25. The molecule has 0 heterocycles. The van der Waals surface area contributed by atoms with Gasteiger partial charge in [-0.3, -0.25) is 4.79 Å². The maximum absolute atomic E-state index is 12.8. The largest absolute Gasteiger partial charge is 0.497 e. The summed E-state index contributed by atoms with van der Waals surface area (Å²) < 4.78 is 43.5. The topological polar surface area (TPSA) is 38.3 Å². The number of halogens is 3. The standard InChI is InChI=1S/C16H14F3NO2/c1-10(21)20-15-9-12(16(17,18)19)5-8-14(15)11-3-6-13(22-2)7-4-11/h3-9H,1-2H3,(H,20,21). The van der Waals surface area contributed by atoms with E-state index in [4.69, 9.17) is 4.74 Å². The smallest absolute Gasteiger partial charge is 0.416 e. The number of hydrogen-bond donors (Lipinski definition) is 1. The highest BCUT2D eigenvalue weighted by Gasteiger charge is 2.31. The molecule has 6 heteroatoms. The molecule has 0 aliphatic carbocycles. The van der Waals surface area contributed by atoms with Gasteiger partial charge in [0, 0.05) is 18.2 Å². The Morgan fingerprint density at radius 1 is 1.09 bits per heavy atom. The third kappa shape index (κ3) is 3.58. The minimum atomic E-state index is -4.47. The van der Waals surface area contributed by atoms with Crippen molar-refractivity contribution in [2.24, 2.45) is 0 Å². The number of carbonyl (C=O) groups excluding carboxylic acids is 1. The second-order valence-corrected chi connectivity index (χ2v) is 4.67. The molecule has 0 aromatic heterocycles. The number of hydrogen-bond acceptors (Lipinski definition) is 2. The highest BCUT2D eigenvalue weighted by molar-refractivity contribution is 5.94. The third-order valence-corrected chi connectivity index (χ3v) is 3.06. The Labute approximate surface area is 125 Å². The van der Waals surface area contributed by atoms with Gasteiger partial charge >= 0.3 is 6.18 Å². The SMILES string of the molecule is COc1ccc(-c2ccc(C(F)(F)F)cc2NC(C)=O)cc1. The van der Waals surface area contributed by atoms with Crippen molar-refractivity contribution < 1.29 is 22.7 Å². The first-order valence-corrected chi connectivity index (χ1v) is 6.44. The Balaban J connectivity index is 2.51. The number of rotatable bonds is 3. The molecule has 0 unspecified atom stereocenters. The van der Waals surface area contributed by atoms with Gasteiger partial charge in [0.05, 0.1) is 12.7 Å². The molecule has 0 radical (unpaired) electrons. The normalized spacial score (nSPS) is 11.1. The first kappa shape index (κ1) is 15.9. The van der Waals surface area contributed by atoms with Crippen molar-refractivity contribution in [3.63, 3.8) is 0 Å². The Kier molecular flexibility index (Phi) is 4.40. The van der Waals surface area contributed by atoms with E-state index in [0.717, 1.165) is 12.1 Å². The second kappa shape index (κ2) is 6.09. The van der Waals surface area contributed by atoms with Crippen molar-refractivity contribution in [3.05, 3.63) is 48.0 Å². The molecule has 0 bridgehead atoms. The average Bonchev–Trinajstić information content (AvgIpc) is 2.46. The highest BCUT2D eigenvalue weighted by Crippen LogP contribution is 2.36. The molecule has 2 rings (SSSR count). The van der Waals surface area contributed by atoms with Crippen molar-refractivity contribution in [1.82, 2.24) is 0 Å². The predicted molar refractivity (Wildman–Crippen MR) is 77.7 cm³/mol. The first-order chi connectivity index (χ1) is 10.3. The van der Waals surface area contributed by atoms with E-state index in [1.165, 1.54) is 20.1 Å². The molecule has 0 atom stereocenters. The van der Waals surface area contributed by atoms with E-state index >= 15 is 0 Å². The molecular formula is C16H14F3NO2. The Morgan fingerprint density at radius 3 is 2.23 bits per heavy atom. The molecule has 2 aromatic carbocycles. The minimum Gasteiger partial charge on any atom is -0.497 e. The fraction of sp³-hybridized carbons (Fsp3) is 0.188. The second-order valence-electron chi connectivity index (χ2n) is 4.67. The monoisotopic (exact) mass is 309 g/mol. The molecule has 0 saturated carbocycles. The maximum Gasteiger partial charge on any atom is 0.416 e. The summed E-state index contributed by atoms with van der Waals surface area (Å²) in [5.41, 5.74) is 0.491. The fourth-order valence-electron chi connectivity index (χ4n) is 2.04. The molecule has 116 valence electrons. The molecule has 0 fully saturated rings. The summed E-state index contributed by atoms with van der Waals surface area (Å²) in [6, 6.07) is 10.1. The van der Waals surface area contributed by atoms with E-state index in [9.17, 15) is 18.0 Å². The third-order valence-electron chi connectivity index (χ3n) is 3.06. The lowest BCUT2D eigenvalue weighted by Crippen LogP contribution is -2.10. The summed E-state index contributed by atoms with van der Waals surface area (Å²) in [7, 11) is 1.52. The number of benzene rings is 2. The van der Waals surface area contributed by atoms with Crippen LogP contribution in [0.15, 0.2) is 42.5 Å². The fourth-order valence-corrected chi connectivity index (χ4v) is 2.04. The van der Waals surface area contributed by atoms with Gasteiger partial charge in [-0.15, -0.1) is 0 Å². The molecule has 0 saturated heterocycles. The van der Waals surface area contributed by atoms with Gasteiger partial charge in [-0.05, 0) is 29.8 Å². The average molecular weight is 309 g/mol. The molecule has 3 nitrogen and oxygen atoms in total. The van der Waals surface area contributed by atoms with E-state index in [2.05, 4.69) is 5.32 Å². The van der Waals surface area contributed by atoms with E-state index in [-0.39, 0.29) is 5.69 Å². The number of ether oxygens (including phenoxy) is 1. The van der Waals surface area contributed by atoms with Crippen molar-refractivity contribution in [1.29, 1.82) is 0 Å². The van der Waals surface area contributed by atoms with Crippen molar-refractivity contribution >= 4 is 11.6 Å². The van der Waals surface area contributed by atoms with Crippen LogP contribution in [-0.4, -0.2) is 13.0 Å². The van der Waals surface area contributed by atoms with Crippen LogP contribution in [0.3, 0.4) is 0 Å². The Hall–Kier alpha value is -2.50. The van der Waals surface area contributed by atoms with Crippen LogP contribution in [0.2, 0.25) is 0 Å². The predicted octanol–water partition coefficient (Wildman–Crippen LogP) is 4.34. The van der Waals surface area contributed by atoms with Crippen LogP contribution in [0.25, 0.3) is 11.1 Å². The van der Waals surface area contributed by atoms with Gasteiger partial charge in [-0.1, -0.05) is 18.2 Å². The summed E-state index contributed by atoms with van der Waals surface area (Å²) in [4.78, 5) is 11.2. The van der Waals surface area contributed by atoms with Crippen LogP contribution in [0.1, 0.15) is 12.5 Å². The summed E-state index contributed by atoms with van der Waals surface area (Å²) in [6.07, 6.45) is -4.47. The van der Waals surface area contributed by atoms with Crippen LogP contribution >= 0.6 is 0 Å². The quantitative estimate of drug-likeness (QED) is 0.916. The molecule has 0 spiro atoms. The number of methoxy groups -OCH3 is 1. The van der Waals surface area contributed by atoms with Crippen LogP contribution in [0.5, 0.6) is 5.75 Å². The summed E-state index contributed by atoms with van der Waals surface area (Å²) in [5, 5.41) is 2.44.